The predicted molar refractivity (Wildman–Crippen MR) is 120 cm³/mol. The molecule has 2 unspecified atom stereocenters. The molecule has 2 fully saturated rings. The summed E-state index contributed by atoms with van der Waals surface area (Å²) in [5.74, 6) is 3.36. The molecule has 5 heteroatoms. The van der Waals surface area contributed by atoms with Crippen molar-refractivity contribution in [3.8, 4) is 0 Å². The van der Waals surface area contributed by atoms with Crippen molar-refractivity contribution in [2.45, 2.75) is 37.8 Å². The molecule has 4 rings (SSSR count). The van der Waals surface area contributed by atoms with Gasteiger partial charge in [0.15, 0.2) is 0 Å². The monoisotopic (exact) mass is 414 g/mol. The van der Waals surface area contributed by atoms with Gasteiger partial charge in [-0.2, -0.15) is 11.8 Å². The van der Waals surface area contributed by atoms with Crippen LogP contribution >= 0.6 is 23.1 Å². The summed E-state index contributed by atoms with van der Waals surface area (Å²) in [6.07, 6.45) is 4.68. The Labute approximate surface area is 177 Å². The Morgan fingerprint density at radius 3 is 2.57 bits per heavy atom. The number of nitrogens with zero attached hydrogens (tertiary/aromatic N) is 2. The number of hydrogen-bond donors (Lipinski definition) is 0. The average Bonchev–Trinajstić information content (AvgIpc) is 3.46. The molecule has 150 valence electrons. The zero-order valence-electron chi connectivity index (χ0n) is 16.6. The molecule has 2 saturated heterocycles. The first kappa shape index (κ1) is 20.0. The van der Waals surface area contributed by atoms with Gasteiger partial charge in [-0.3, -0.25) is 9.69 Å². The van der Waals surface area contributed by atoms with E-state index < -0.39 is 0 Å². The van der Waals surface area contributed by atoms with Crippen LogP contribution in [0.15, 0.2) is 47.8 Å². The maximum absolute atomic E-state index is 13.1. The minimum atomic E-state index is 0.172. The van der Waals surface area contributed by atoms with Gasteiger partial charge in [0.1, 0.15) is 0 Å². The van der Waals surface area contributed by atoms with Crippen LogP contribution in [0.25, 0.3) is 0 Å². The molecule has 1 aromatic heterocycles. The summed E-state index contributed by atoms with van der Waals surface area (Å²) in [5, 5.41) is 1.99. The largest absolute Gasteiger partial charge is 0.337 e. The van der Waals surface area contributed by atoms with E-state index in [9.17, 15) is 4.79 Å². The summed E-state index contributed by atoms with van der Waals surface area (Å²) >= 11 is 3.64. The lowest BCUT2D eigenvalue weighted by atomic mass is 9.84. The normalized spacial score (nSPS) is 22.2. The van der Waals surface area contributed by atoms with E-state index in [0.29, 0.717) is 5.92 Å². The van der Waals surface area contributed by atoms with E-state index >= 15 is 0 Å². The summed E-state index contributed by atoms with van der Waals surface area (Å²) in [7, 11) is 2.01. The number of thioether (sulfide) groups is 1. The van der Waals surface area contributed by atoms with Crippen molar-refractivity contribution >= 4 is 29.0 Å². The fourth-order valence-corrected chi connectivity index (χ4v) is 6.64. The Balaban J connectivity index is 1.47. The number of likely N-dealkylation sites (tertiary alicyclic amines) is 1. The molecule has 3 nitrogen and oxygen atoms in total. The smallest absolute Gasteiger partial charge is 0.263 e. The third kappa shape index (κ3) is 4.64. The fourth-order valence-electron chi connectivity index (χ4n) is 4.68. The van der Waals surface area contributed by atoms with E-state index in [1.165, 1.54) is 49.4 Å². The summed E-state index contributed by atoms with van der Waals surface area (Å²) in [6, 6.07) is 15.6. The zero-order valence-corrected chi connectivity index (χ0v) is 18.3. The number of likely N-dealkylation sites (N-methyl/N-ethyl adjacent to an activating group) is 1. The Kier molecular flexibility index (Phi) is 6.76. The molecule has 1 amide bonds. The van der Waals surface area contributed by atoms with Crippen molar-refractivity contribution in [3.05, 3.63) is 58.3 Å². The van der Waals surface area contributed by atoms with Gasteiger partial charge in [0, 0.05) is 24.9 Å². The van der Waals surface area contributed by atoms with Crippen LogP contribution in [0.1, 0.15) is 34.5 Å². The van der Waals surface area contributed by atoms with Gasteiger partial charge in [-0.15, -0.1) is 11.3 Å². The summed E-state index contributed by atoms with van der Waals surface area (Å²) in [6.45, 7) is 2.37. The van der Waals surface area contributed by atoms with E-state index in [2.05, 4.69) is 47.0 Å². The van der Waals surface area contributed by atoms with Crippen LogP contribution in [-0.4, -0.2) is 59.4 Å². The van der Waals surface area contributed by atoms with E-state index in [4.69, 9.17) is 0 Å². The Bertz CT molecular complexity index is 735. The first-order chi connectivity index (χ1) is 13.7. The number of carbonyl (C=O) groups excluding carboxylic acids is 1. The number of piperidine rings is 1. The van der Waals surface area contributed by atoms with Crippen LogP contribution in [-0.2, 0) is 6.42 Å². The maximum atomic E-state index is 13.1. The SMILES string of the molecule is CN(C(=O)c1cccs1)C(Cc1ccccc1)C1CCN(C2CCSC2)CC1. The number of benzene rings is 1. The lowest BCUT2D eigenvalue weighted by Gasteiger charge is -2.41. The molecule has 2 atom stereocenters. The summed E-state index contributed by atoms with van der Waals surface area (Å²) < 4.78 is 0. The van der Waals surface area contributed by atoms with Gasteiger partial charge >= 0.3 is 0 Å². The Morgan fingerprint density at radius 2 is 1.93 bits per heavy atom. The molecular weight excluding hydrogens is 384 g/mol. The average molecular weight is 415 g/mol. The first-order valence-corrected chi connectivity index (χ1v) is 12.4. The van der Waals surface area contributed by atoms with Crippen molar-refractivity contribution in [2.75, 3.05) is 31.6 Å². The lowest BCUT2D eigenvalue weighted by molar-refractivity contribution is 0.0561. The lowest BCUT2D eigenvalue weighted by Crippen LogP contribution is -2.49. The molecule has 3 heterocycles. The number of rotatable bonds is 6. The van der Waals surface area contributed by atoms with Crippen LogP contribution in [0, 0.1) is 5.92 Å². The molecule has 1 aromatic carbocycles. The van der Waals surface area contributed by atoms with Crippen LogP contribution in [0.5, 0.6) is 0 Å². The van der Waals surface area contributed by atoms with Gasteiger partial charge < -0.3 is 4.90 Å². The minimum Gasteiger partial charge on any atom is -0.337 e. The van der Waals surface area contributed by atoms with Crippen molar-refractivity contribution in [1.29, 1.82) is 0 Å². The highest BCUT2D eigenvalue weighted by Crippen LogP contribution is 2.31. The van der Waals surface area contributed by atoms with Crippen LogP contribution in [0.3, 0.4) is 0 Å². The van der Waals surface area contributed by atoms with Crippen LogP contribution < -0.4 is 0 Å². The van der Waals surface area contributed by atoms with Gasteiger partial charge in [-0.05, 0) is 67.5 Å². The second-order valence-electron chi connectivity index (χ2n) is 8.04. The van der Waals surface area contributed by atoms with Gasteiger partial charge in [0.25, 0.3) is 5.91 Å². The third-order valence-electron chi connectivity index (χ3n) is 6.38. The fraction of sp³-hybridized carbons (Fsp3) is 0.522. The zero-order chi connectivity index (χ0) is 19.3. The molecule has 2 aliphatic heterocycles. The van der Waals surface area contributed by atoms with Crippen molar-refractivity contribution in [1.82, 2.24) is 9.80 Å². The predicted octanol–water partition coefficient (Wildman–Crippen LogP) is 4.65. The van der Waals surface area contributed by atoms with Crippen molar-refractivity contribution in [2.24, 2.45) is 5.92 Å². The highest BCUT2D eigenvalue weighted by Gasteiger charge is 2.34. The second-order valence-corrected chi connectivity index (χ2v) is 10.1. The van der Waals surface area contributed by atoms with Gasteiger partial charge in [0.2, 0.25) is 0 Å². The first-order valence-electron chi connectivity index (χ1n) is 10.4. The quantitative estimate of drug-likeness (QED) is 0.687. The standard InChI is InChI=1S/C23H30N2OS2/c1-24(23(26)22-8-5-14-28-22)21(16-18-6-3-2-4-7-18)19-9-12-25(13-10-19)20-11-15-27-17-20/h2-8,14,19-21H,9-13,15-17H2,1H3. The van der Waals surface area contributed by atoms with E-state index in [-0.39, 0.29) is 11.9 Å². The third-order valence-corrected chi connectivity index (χ3v) is 8.38. The van der Waals surface area contributed by atoms with E-state index in [0.717, 1.165) is 17.3 Å². The number of amides is 1. The van der Waals surface area contributed by atoms with Gasteiger partial charge in [0.05, 0.1) is 4.88 Å². The molecule has 2 aromatic rings. The van der Waals surface area contributed by atoms with Crippen molar-refractivity contribution < 1.29 is 4.79 Å². The van der Waals surface area contributed by atoms with Crippen molar-refractivity contribution in [3.63, 3.8) is 0 Å². The molecular formula is C23H30N2OS2. The molecule has 0 aliphatic carbocycles. The molecule has 28 heavy (non-hydrogen) atoms. The molecule has 0 N–H and O–H groups in total. The Hall–Kier alpha value is -1.30. The topological polar surface area (TPSA) is 23.6 Å². The maximum Gasteiger partial charge on any atom is 0.263 e. The molecule has 0 spiro atoms. The molecule has 0 bridgehead atoms. The number of hydrogen-bond acceptors (Lipinski definition) is 4. The molecule has 0 radical (unpaired) electrons. The number of carbonyl (C=O) groups is 1. The highest BCUT2D eigenvalue weighted by molar-refractivity contribution is 7.99. The van der Waals surface area contributed by atoms with Gasteiger partial charge in [-0.1, -0.05) is 36.4 Å². The van der Waals surface area contributed by atoms with E-state index in [1.54, 1.807) is 11.3 Å². The van der Waals surface area contributed by atoms with Crippen LogP contribution in [0.4, 0.5) is 0 Å². The van der Waals surface area contributed by atoms with Crippen LogP contribution in [0.2, 0.25) is 0 Å². The molecule has 2 aliphatic rings. The second kappa shape index (κ2) is 9.47. The summed E-state index contributed by atoms with van der Waals surface area (Å²) in [4.78, 5) is 18.7. The minimum absolute atomic E-state index is 0.172. The summed E-state index contributed by atoms with van der Waals surface area (Å²) in [5.41, 5.74) is 1.33. The highest BCUT2D eigenvalue weighted by atomic mass is 32.2. The number of thiophene rings is 1. The Morgan fingerprint density at radius 1 is 1.14 bits per heavy atom. The van der Waals surface area contributed by atoms with E-state index in [1.807, 2.05) is 29.5 Å². The van der Waals surface area contributed by atoms with Gasteiger partial charge in [-0.25, -0.2) is 0 Å². The molecule has 0 saturated carbocycles.